The van der Waals surface area contributed by atoms with Crippen LogP contribution in [0.15, 0.2) is 12.2 Å². The average molecular weight is 254 g/mol. The van der Waals surface area contributed by atoms with Crippen LogP contribution in [0, 0.1) is 0 Å². The molecule has 0 bridgehead atoms. The highest BCUT2D eigenvalue weighted by molar-refractivity contribution is 5.81. The molecular formula is C14H26N2O2. The second kappa shape index (κ2) is 6.90. The van der Waals surface area contributed by atoms with Crippen LogP contribution in [0.4, 0.5) is 0 Å². The molecule has 0 amide bonds. The molecule has 0 N–H and O–H groups in total. The van der Waals surface area contributed by atoms with E-state index in [4.69, 9.17) is 4.74 Å². The van der Waals surface area contributed by atoms with Gasteiger partial charge in [-0.15, -0.1) is 0 Å². The predicted octanol–water partition coefficient (Wildman–Crippen LogP) is 1.52. The van der Waals surface area contributed by atoms with Gasteiger partial charge in [-0.3, -0.25) is 9.80 Å². The van der Waals surface area contributed by atoms with Crippen LogP contribution in [-0.2, 0) is 9.53 Å². The topological polar surface area (TPSA) is 32.8 Å². The number of rotatable bonds is 4. The molecular weight excluding hydrogens is 228 g/mol. The van der Waals surface area contributed by atoms with Crippen molar-refractivity contribution in [1.82, 2.24) is 9.80 Å². The molecule has 1 aliphatic rings. The Hall–Kier alpha value is -0.870. The summed E-state index contributed by atoms with van der Waals surface area (Å²) in [4.78, 5) is 16.0. The molecule has 0 aliphatic carbocycles. The number of ether oxygens (including phenoxy) is 1. The maximum absolute atomic E-state index is 11.1. The van der Waals surface area contributed by atoms with Gasteiger partial charge in [-0.2, -0.15) is 0 Å². The summed E-state index contributed by atoms with van der Waals surface area (Å²) in [5.74, 6) is -0.245. The third-order valence-electron chi connectivity index (χ3n) is 3.23. The zero-order valence-corrected chi connectivity index (χ0v) is 12.1. The van der Waals surface area contributed by atoms with E-state index in [0.29, 0.717) is 6.61 Å². The molecule has 0 unspecified atom stereocenters. The van der Waals surface area contributed by atoms with Crippen molar-refractivity contribution in [2.45, 2.75) is 33.2 Å². The van der Waals surface area contributed by atoms with Gasteiger partial charge in [-0.1, -0.05) is 6.08 Å². The fourth-order valence-corrected chi connectivity index (χ4v) is 2.09. The van der Waals surface area contributed by atoms with Gasteiger partial charge in [0.15, 0.2) is 0 Å². The molecule has 0 spiro atoms. The molecule has 1 heterocycles. The van der Waals surface area contributed by atoms with Crippen LogP contribution in [0.2, 0.25) is 0 Å². The van der Waals surface area contributed by atoms with Crippen LogP contribution in [0.1, 0.15) is 27.7 Å². The number of hydrogen-bond donors (Lipinski definition) is 0. The van der Waals surface area contributed by atoms with Crippen LogP contribution in [0.3, 0.4) is 0 Å². The standard InChI is InChI=1S/C14H26N2O2/c1-5-18-13(17)7-6-8-15-9-11-16(12-10-15)14(2,3)4/h6-7H,5,8-12H2,1-4H3/b7-6+. The van der Waals surface area contributed by atoms with Crippen molar-refractivity contribution < 1.29 is 9.53 Å². The summed E-state index contributed by atoms with van der Waals surface area (Å²) < 4.78 is 4.84. The van der Waals surface area contributed by atoms with E-state index in [9.17, 15) is 4.79 Å². The molecule has 0 atom stereocenters. The lowest BCUT2D eigenvalue weighted by Crippen LogP contribution is -2.53. The summed E-state index contributed by atoms with van der Waals surface area (Å²) in [6, 6.07) is 0. The minimum absolute atomic E-state index is 0.245. The third-order valence-corrected chi connectivity index (χ3v) is 3.23. The zero-order valence-electron chi connectivity index (χ0n) is 12.1. The SMILES string of the molecule is CCOC(=O)/C=C/CN1CCN(C(C)(C)C)CC1. The van der Waals surface area contributed by atoms with Gasteiger partial charge in [0.25, 0.3) is 0 Å². The third kappa shape index (κ3) is 5.19. The van der Waals surface area contributed by atoms with Gasteiger partial charge < -0.3 is 4.74 Å². The van der Waals surface area contributed by atoms with Gasteiger partial charge in [0.1, 0.15) is 0 Å². The first kappa shape index (κ1) is 15.2. The summed E-state index contributed by atoms with van der Waals surface area (Å²) >= 11 is 0. The number of piperazine rings is 1. The molecule has 104 valence electrons. The van der Waals surface area contributed by atoms with Gasteiger partial charge in [0.2, 0.25) is 0 Å². The molecule has 1 fully saturated rings. The van der Waals surface area contributed by atoms with Crippen LogP contribution >= 0.6 is 0 Å². The quantitative estimate of drug-likeness (QED) is 0.562. The lowest BCUT2D eigenvalue weighted by Gasteiger charge is -2.42. The number of carbonyl (C=O) groups excluding carboxylic acids is 1. The highest BCUT2D eigenvalue weighted by atomic mass is 16.5. The second-order valence-electron chi connectivity index (χ2n) is 5.61. The van der Waals surface area contributed by atoms with E-state index < -0.39 is 0 Å². The Labute approximate surface area is 111 Å². The summed E-state index contributed by atoms with van der Waals surface area (Å²) in [5, 5.41) is 0. The Morgan fingerprint density at radius 3 is 2.33 bits per heavy atom. The van der Waals surface area contributed by atoms with Crippen molar-refractivity contribution >= 4 is 5.97 Å². The largest absolute Gasteiger partial charge is 0.463 e. The second-order valence-corrected chi connectivity index (χ2v) is 5.61. The molecule has 4 heteroatoms. The van der Waals surface area contributed by atoms with Crippen LogP contribution in [0.25, 0.3) is 0 Å². The Kier molecular flexibility index (Phi) is 5.82. The Bertz CT molecular complexity index is 287. The number of nitrogens with zero attached hydrogens (tertiary/aromatic N) is 2. The van der Waals surface area contributed by atoms with E-state index in [2.05, 4.69) is 30.6 Å². The van der Waals surface area contributed by atoms with Crippen molar-refractivity contribution in [3.05, 3.63) is 12.2 Å². The Morgan fingerprint density at radius 1 is 1.22 bits per heavy atom. The van der Waals surface area contributed by atoms with Crippen LogP contribution in [-0.4, -0.2) is 60.6 Å². The minimum atomic E-state index is -0.245. The molecule has 0 radical (unpaired) electrons. The van der Waals surface area contributed by atoms with E-state index in [1.807, 2.05) is 13.0 Å². The first-order valence-electron chi connectivity index (χ1n) is 6.74. The normalized spacial score (nSPS) is 19.3. The molecule has 0 saturated carbocycles. The van der Waals surface area contributed by atoms with Gasteiger partial charge in [-0.25, -0.2) is 4.79 Å². The van der Waals surface area contributed by atoms with Crippen LogP contribution in [0.5, 0.6) is 0 Å². The van der Waals surface area contributed by atoms with Gasteiger partial charge in [-0.05, 0) is 27.7 Å². The summed E-state index contributed by atoms with van der Waals surface area (Å²) in [6.07, 6.45) is 3.42. The van der Waals surface area contributed by atoms with Crippen molar-refractivity contribution in [2.24, 2.45) is 0 Å². The summed E-state index contributed by atoms with van der Waals surface area (Å²) in [5.41, 5.74) is 0.257. The molecule has 0 aromatic carbocycles. The van der Waals surface area contributed by atoms with E-state index in [-0.39, 0.29) is 11.5 Å². The lowest BCUT2D eigenvalue weighted by atomic mass is 10.1. The number of esters is 1. The van der Waals surface area contributed by atoms with Crippen LogP contribution < -0.4 is 0 Å². The van der Waals surface area contributed by atoms with E-state index >= 15 is 0 Å². The smallest absolute Gasteiger partial charge is 0.330 e. The Morgan fingerprint density at radius 2 is 1.83 bits per heavy atom. The van der Waals surface area contributed by atoms with Crippen molar-refractivity contribution in [2.75, 3.05) is 39.3 Å². The highest BCUT2D eigenvalue weighted by Crippen LogP contribution is 2.15. The van der Waals surface area contributed by atoms with Crippen molar-refractivity contribution in [1.29, 1.82) is 0 Å². The van der Waals surface area contributed by atoms with Crippen molar-refractivity contribution in [3.8, 4) is 0 Å². The molecule has 0 aromatic rings. The maximum atomic E-state index is 11.1. The number of hydrogen-bond acceptors (Lipinski definition) is 4. The maximum Gasteiger partial charge on any atom is 0.330 e. The van der Waals surface area contributed by atoms with E-state index in [1.165, 1.54) is 6.08 Å². The molecule has 1 saturated heterocycles. The predicted molar refractivity (Wildman–Crippen MR) is 73.5 cm³/mol. The first-order chi connectivity index (χ1) is 8.43. The highest BCUT2D eigenvalue weighted by Gasteiger charge is 2.25. The molecule has 18 heavy (non-hydrogen) atoms. The summed E-state index contributed by atoms with van der Waals surface area (Å²) in [7, 11) is 0. The lowest BCUT2D eigenvalue weighted by molar-refractivity contribution is -0.137. The van der Waals surface area contributed by atoms with Gasteiger partial charge >= 0.3 is 5.97 Å². The first-order valence-corrected chi connectivity index (χ1v) is 6.74. The Balaban J connectivity index is 2.26. The van der Waals surface area contributed by atoms with Gasteiger partial charge in [0, 0.05) is 44.3 Å². The fourth-order valence-electron chi connectivity index (χ4n) is 2.09. The van der Waals surface area contributed by atoms with Crippen molar-refractivity contribution in [3.63, 3.8) is 0 Å². The minimum Gasteiger partial charge on any atom is -0.463 e. The molecule has 0 aromatic heterocycles. The summed E-state index contributed by atoms with van der Waals surface area (Å²) in [6.45, 7) is 14.2. The van der Waals surface area contributed by atoms with E-state index in [1.54, 1.807) is 0 Å². The zero-order chi connectivity index (χ0) is 13.6. The molecule has 4 nitrogen and oxygen atoms in total. The van der Waals surface area contributed by atoms with Gasteiger partial charge in [0.05, 0.1) is 6.61 Å². The average Bonchev–Trinajstić information content (AvgIpc) is 2.29. The number of carbonyl (C=O) groups is 1. The fraction of sp³-hybridized carbons (Fsp3) is 0.786. The monoisotopic (exact) mass is 254 g/mol. The molecule has 1 aliphatic heterocycles. The molecule has 1 rings (SSSR count). The van der Waals surface area contributed by atoms with E-state index in [0.717, 1.165) is 32.7 Å².